The molecule has 1 heterocycles. The predicted molar refractivity (Wildman–Crippen MR) is 96.7 cm³/mol. The minimum atomic E-state index is 0.00850. The highest BCUT2D eigenvalue weighted by atomic mass is 16.2. The number of hydrogen-bond donors (Lipinski definition) is 1. The van der Waals surface area contributed by atoms with Crippen molar-refractivity contribution in [3.05, 3.63) is 35.4 Å². The maximum absolute atomic E-state index is 12.4. The Morgan fingerprint density at radius 3 is 2.46 bits per heavy atom. The van der Waals surface area contributed by atoms with Gasteiger partial charge >= 0.3 is 0 Å². The van der Waals surface area contributed by atoms with E-state index in [0.717, 1.165) is 31.5 Å². The molecule has 132 valence electrons. The van der Waals surface area contributed by atoms with Gasteiger partial charge in [-0.05, 0) is 30.7 Å². The molecule has 4 nitrogen and oxygen atoms in total. The monoisotopic (exact) mass is 330 g/mol. The predicted octanol–water partition coefficient (Wildman–Crippen LogP) is 3.08. The molecule has 0 atom stereocenters. The first-order valence-corrected chi connectivity index (χ1v) is 8.86. The number of piperidine rings is 1. The first-order valence-electron chi connectivity index (χ1n) is 8.86. The number of carbonyl (C=O) groups excluding carboxylic acids is 2. The summed E-state index contributed by atoms with van der Waals surface area (Å²) in [4.78, 5) is 26.4. The number of rotatable bonds is 4. The lowest BCUT2D eigenvalue weighted by Gasteiger charge is -2.33. The van der Waals surface area contributed by atoms with Crippen LogP contribution >= 0.6 is 0 Å². The van der Waals surface area contributed by atoms with Crippen molar-refractivity contribution in [3.63, 3.8) is 0 Å². The number of amides is 2. The first kappa shape index (κ1) is 18.5. The topological polar surface area (TPSA) is 49.4 Å². The Morgan fingerprint density at radius 1 is 1.21 bits per heavy atom. The molecule has 0 aliphatic carbocycles. The molecular formula is C20H30N2O2. The van der Waals surface area contributed by atoms with Gasteiger partial charge in [0, 0.05) is 25.6 Å². The molecule has 2 rings (SSSR count). The second-order valence-electron chi connectivity index (χ2n) is 8.13. The SMILES string of the molecule is Cc1cccc(CC(=O)N2CCC(NC(=O)CC(C)(C)C)CC2)c1. The molecule has 0 aromatic heterocycles. The number of aryl methyl sites for hydroxylation is 1. The summed E-state index contributed by atoms with van der Waals surface area (Å²) in [5.74, 6) is 0.298. The van der Waals surface area contributed by atoms with Gasteiger partial charge in [0.05, 0.1) is 6.42 Å². The van der Waals surface area contributed by atoms with Crippen molar-refractivity contribution in [2.24, 2.45) is 5.41 Å². The van der Waals surface area contributed by atoms with Gasteiger partial charge in [-0.1, -0.05) is 50.6 Å². The van der Waals surface area contributed by atoms with Crippen molar-refractivity contribution < 1.29 is 9.59 Å². The maximum Gasteiger partial charge on any atom is 0.226 e. The summed E-state index contributed by atoms with van der Waals surface area (Å²) >= 11 is 0. The average molecular weight is 330 g/mol. The molecule has 1 N–H and O–H groups in total. The van der Waals surface area contributed by atoms with Crippen LogP contribution in [0, 0.1) is 12.3 Å². The number of likely N-dealkylation sites (tertiary alicyclic amines) is 1. The van der Waals surface area contributed by atoms with Crippen molar-refractivity contribution >= 4 is 11.8 Å². The van der Waals surface area contributed by atoms with E-state index in [-0.39, 0.29) is 23.3 Å². The quantitative estimate of drug-likeness (QED) is 0.922. The third kappa shape index (κ3) is 5.99. The highest BCUT2D eigenvalue weighted by molar-refractivity contribution is 5.79. The maximum atomic E-state index is 12.4. The van der Waals surface area contributed by atoms with E-state index in [9.17, 15) is 9.59 Å². The summed E-state index contributed by atoms with van der Waals surface area (Å²) in [5, 5.41) is 3.12. The lowest BCUT2D eigenvalue weighted by Crippen LogP contribution is -2.47. The highest BCUT2D eigenvalue weighted by Crippen LogP contribution is 2.19. The fraction of sp³-hybridized carbons (Fsp3) is 0.600. The fourth-order valence-corrected chi connectivity index (χ4v) is 3.14. The Bertz CT molecular complexity index is 582. The van der Waals surface area contributed by atoms with E-state index in [2.05, 4.69) is 32.2 Å². The standard InChI is InChI=1S/C20H30N2O2/c1-15-6-5-7-16(12-15)13-19(24)22-10-8-17(9-11-22)21-18(23)14-20(2,3)4/h5-7,12,17H,8-11,13-14H2,1-4H3,(H,21,23). The van der Waals surface area contributed by atoms with Gasteiger partial charge in [0.1, 0.15) is 0 Å². The molecule has 1 aromatic rings. The first-order chi connectivity index (χ1) is 11.2. The number of nitrogens with zero attached hydrogens (tertiary/aromatic N) is 1. The molecule has 0 spiro atoms. The van der Waals surface area contributed by atoms with E-state index >= 15 is 0 Å². The van der Waals surface area contributed by atoms with E-state index in [4.69, 9.17) is 0 Å². The van der Waals surface area contributed by atoms with Crippen LogP contribution in [0.4, 0.5) is 0 Å². The average Bonchev–Trinajstić information content (AvgIpc) is 2.45. The van der Waals surface area contributed by atoms with Crippen LogP contribution in [0.3, 0.4) is 0 Å². The molecule has 0 bridgehead atoms. The highest BCUT2D eigenvalue weighted by Gasteiger charge is 2.25. The van der Waals surface area contributed by atoms with E-state index in [1.165, 1.54) is 5.56 Å². The van der Waals surface area contributed by atoms with E-state index in [1.807, 2.05) is 30.0 Å². The minimum Gasteiger partial charge on any atom is -0.353 e. The van der Waals surface area contributed by atoms with E-state index < -0.39 is 0 Å². The molecule has 2 amide bonds. The molecule has 0 unspecified atom stereocenters. The molecule has 0 saturated carbocycles. The third-order valence-electron chi connectivity index (χ3n) is 4.34. The normalized spacial score (nSPS) is 16.1. The lowest BCUT2D eigenvalue weighted by atomic mass is 9.91. The molecule has 1 aliphatic rings. The minimum absolute atomic E-state index is 0.00850. The van der Waals surface area contributed by atoms with Gasteiger partial charge < -0.3 is 10.2 Å². The molecule has 24 heavy (non-hydrogen) atoms. The molecule has 0 radical (unpaired) electrons. The third-order valence-corrected chi connectivity index (χ3v) is 4.34. The van der Waals surface area contributed by atoms with Gasteiger partial charge in [-0.15, -0.1) is 0 Å². The largest absolute Gasteiger partial charge is 0.353 e. The zero-order chi connectivity index (χ0) is 17.7. The second kappa shape index (κ2) is 7.82. The Kier molecular flexibility index (Phi) is 6.03. The summed E-state index contributed by atoms with van der Waals surface area (Å²) in [6.45, 7) is 9.70. The molecule has 1 aromatic carbocycles. The molecular weight excluding hydrogens is 300 g/mol. The van der Waals surface area contributed by atoms with Gasteiger partial charge in [0.2, 0.25) is 11.8 Å². The van der Waals surface area contributed by atoms with Crippen LogP contribution in [-0.2, 0) is 16.0 Å². The van der Waals surface area contributed by atoms with Crippen LogP contribution in [-0.4, -0.2) is 35.8 Å². The van der Waals surface area contributed by atoms with Crippen molar-refractivity contribution in [2.45, 2.75) is 59.4 Å². The van der Waals surface area contributed by atoms with Crippen LogP contribution < -0.4 is 5.32 Å². The van der Waals surface area contributed by atoms with Crippen molar-refractivity contribution in [3.8, 4) is 0 Å². The van der Waals surface area contributed by atoms with Crippen molar-refractivity contribution in [1.29, 1.82) is 0 Å². The van der Waals surface area contributed by atoms with Gasteiger partial charge in [-0.25, -0.2) is 0 Å². The van der Waals surface area contributed by atoms with Crippen LogP contribution in [0.1, 0.15) is 51.2 Å². The van der Waals surface area contributed by atoms with Crippen molar-refractivity contribution in [1.82, 2.24) is 10.2 Å². The van der Waals surface area contributed by atoms with Gasteiger partial charge in [-0.3, -0.25) is 9.59 Å². The summed E-state index contributed by atoms with van der Waals surface area (Å²) < 4.78 is 0. The lowest BCUT2D eigenvalue weighted by molar-refractivity contribution is -0.131. The van der Waals surface area contributed by atoms with Crippen LogP contribution in [0.2, 0.25) is 0 Å². The Labute approximate surface area is 145 Å². The molecule has 1 aliphatic heterocycles. The van der Waals surface area contributed by atoms with Crippen LogP contribution in [0.15, 0.2) is 24.3 Å². The Hall–Kier alpha value is -1.84. The van der Waals surface area contributed by atoms with E-state index in [1.54, 1.807) is 0 Å². The fourth-order valence-electron chi connectivity index (χ4n) is 3.14. The van der Waals surface area contributed by atoms with Gasteiger partial charge in [-0.2, -0.15) is 0 Å². The smallest absolute Gasteiger partial charge is 0.226 e. The Morgan fingerprint density at radius 2 is 1.88 bits per heavy atom. The Balaban J connectivity index is 1.78. The zero-order valence-electron chi connectivity index (χ0n) is 15.4. The summed E-state index contributed by atoms with van der Waals surface area (Å²) in [5.41, 5.74) is 2.26. The molecule has 1 saturated heterocycles. The summed E-state index contributed by atoms with van der Waals surface area (Å²) in [6.07, 6.45) is 2.69. The number of nitrogens with one attached hydrogen (secondary N) is 1. The summed E-state index contributed by atoms with van der Waals surface area (Å²) in [6, 6.07) is 8.30. The van der Waals surface area contributed by atoms with Gasteiger partial charge in [0.25, 0.3) is 0 Å². The van der Waals surface area contributed by atoms with Crippen molar-refractivity contribution in [2.75, 3.05) is 13.1 Å². The molecule has 1 fully saturated rings. The number of hydrogen-bond acceptors (Lipinski definition) is 2. The molecule has 4 heteroatoms. The van der Waals surface area contributed by atoms with E-state index in [0.29, 0.717) is 12.8 Å². The zero-order valence-corrected chi connectivity index (χ0v) is 15.4. The second-order valence-corrected chi connectivity index (χ2v) is 8.13. The number of benzene rings is 1. The number of carbonyl (C=O) groups is 2. The van der Waals surface area contributed by atoms with Gasteiger partial charge in [0.15, 0.2) is 0 Å². The van der Waals surface area contributed by atoms with Crippen LogP contribution in [0.5, 0.6) is 0 Å². The summed E-state index contributed by atoms with van der Waals surface area (Å²) in [7, 11) is 0. The van der Waals surface area contributed by atoms with Crippen LogP contribution in [0.25, 0.3) is 0 Å².